The van der Waals surface area contributed by atoms with E-state index in [4.69, 9.17) is 0 Å². The first-order valence-corrected chi connectivity index (χ1v) is 8.10. The van der Waals surface area contributed by atoms with E-state index in [0.29, 0.717) is 25.9 Å². The molecule has 1 fully saturated rings. The van der Waals surface area contributed by atoms with E-state index in [1.54, 1.807) is 0 Å². The number of amides is 2. The van der Waals surface area contributed by atoms with Gasteiger partial charge in [0.2, 0.25) is 11.8 Å². The van der Waals surface area contributed by atoms with Gasteiger partial charge >= 0.3 is 0 Å². The quantitative estimate of drug-likeness (QED) is 0.751. The van der Waals surface area contributed by atoms with Crippen LogP contribution in [0.2, 0.25) is 0 Å². The molecule has 0 aromatic heterocycles. The molecule has 0 aliphatic carbocycles. The molecule has 1 aliphatic rings. The van der Waals surface area contributed by atoms with Crippen molar-refractivity contribution < 1.29 is 9.59 Å². The summed E-state index contributed by atoms with van der Waals surface area (Å²) in [5, 5.41) is 0. The molecule has 2 atom stereocenters. The number of hydrogen-bond donors (Lipinski definition) is 0. The molecule has 0 aromatic carbocycles. The predicted molar refractivity (Wildman–Crippen MR) is 81.4 cm³/mol. The number of hydrogen-bond acceptors (Lipinski definition) is 2. The zero-order chi connectivity index (χ0) is 15.1. The maximum Gasteiger partial charge on any atom is 0.222 e. The summed E-state index contributed by atoms with van der Waals surface area (Å²) in [4.78, 5) is 28.3. The maximum absolute atomic E-state index is 12.2. The van der Waals surface area contributed by atoms with Crippen molar-refractivity contribution in [2.45, 2.75) is 78.3 Å². The number of piperazine rings is 1. The zero-order valence-corrected chi connectivity index (χ0v) is 13.5. The van der Waals surface area contributed by atoms with Gasteiger partial charge in [-0.3, -0.25) is 9.59 Å². The van der Waals surface area contributed by atoms with Crippen LogP contribution in [0.25, 0.3) is 0 Å². The molecule has 0 aromatic rings. The molecule has 1 aliphatic heterocycles. The summed E-state index contributed by atoms with van der Waals surface area (Å²) in [6.45, 7) is 9.67. The first kappa shape index (κ1) is 17.0. The largest absolute Gasteiger partial charge is 0.336 e. The third-order valence-corrected chi connectivity index (χ3v) is 4.12. The number of carbonyl (C=O) groups excluding carboxylic acids is 2. The summed E-state index contributed by atoms with van der Waals surface area (Å²) in [6, 6.07) is 0.280. The van der Waals surface area contributed by atoms with Crippen LogP contribution in [0.3, 0.4) is 0 Å². The Bertz CT molecular complexity index is 298. The molecule has 0 saturated carbocycles. The molecule has 1 heterocycles. The van der Waals surface area contributed by atoms with Crippen molar-refractivity contribution in [3.63, 3.8) is 0 Å². The van der Waals surface area contributed by atoms with Crippen LogP contribution in [-0.4, -0.2) is 46.8 Å². The first-order chi connectivity index (χ1) is 9.51. The summed E-state index contributed by atoms with van der Waals surface area (Å²) in [5.41, 5.74) is 0. The lowest BCUT2D eigenvalue weighted by molar-refractivity contribution is -0.145. The topological polar surface area (TPSA) is 40.6 Å². The SMILES string of the molecule is CCCCC(=O)N1C[C@H](C)N(C(=O)CCCC)C[C@H]1C. The van der Waals surface area contributed by atoms with Crippen molar-refractivity contribution in [1.82, 2.24) is 9.80 Å². The van der Waals surface area contributed by atoms with Gasteiger partial charge in [0.05, 0.1) is 0 Å². The molecule has 1 rings (SSSR count). The van der Waals surface area contributed by atoms with Crippen LogP contribution in [0.5, 0.6) is 0 Å². The molecule has 4 heteroatoms. The van der Waals surface area contributed by atoms with Gasteiger partial charge in [-0.2, -0.15) is 0 Å². The summed E-state index contributed by atoms with van der Waals surface area (Å²) in [5.74, 6) is 0.485. The third kappa shape index (κ3) is 4.50. The Morgan fingerprint density at radius 1 is 0.850 bits per heavy atom. The van der Waals surface area contributed by atoms with E-state index in [1.807, 2.05) is 9.80 Å². The van der Waals surface area contributed by atoms with Gasteiger partial charge in [-0.1, -0.05) is 26.7 Å². The smallest absolute Gasteiger partial charge is 0.222 e. The summed E-state index contributed by atoms with van der Waals surface area (Å²) < 4.78 is 0. The highest BCUT2D eigenvalue weighted by molar-refractivity contribution is 5.79. The number of unbranched alkanes of at least 4 members (excludes halogenated alkanes) is 2. The van der Waals surface area contributed by atoms with Crippen molar-refractivity contribution in [3.8, 4) is 0 Å². The van der Waals surface area contributed by atoms with E-state index < -0.39 is 0 Å². The van der Waals surface area contributed by atoms with Crippen LogP contribution in [0.1, 0.15) is 66.2 Å². The number of rotatable bonds is 6. The lowest BCUT2D eigenvalue weighted by Gasteiger charge is -2.44. The second-order valence-corrected chi connectivity index (χ2v) is 6.00. The fourth-order valence-electron chi connectivity index (χ4n) is 2.76. The molecular weight excluding hydrogens is 252 g/mol. The minimum absolute atomic E-state index is 0.140. The van der Waals surface area contributed by atoms with Gasteiger partial charge in [-0.05, 0) is 26.7 Å². The van der Waals surface area contributed by atoms with Gasteiger partial charge in [0.25, 0.3) is 0 Å². The van der Waals surface area contributed by atoms with Crippen LogP contribution in [0.4, 0.5) is 0 Å². The standard InChI is InChI=1S/C16H30N2O2/c1-5-7-9-15(19)17-11-14(4)18(12-13(17)3)16(20)10-8-6-2/h13-14H,5-12H2,1-4H3/t13-,14+. The van der Waals surface area contributed by atoms with E-state index in [1.165, 1.54) is 0 Å². The Labute approximate surface area is 123 Å². The Hall–Kier alpha value is -1.06. The zero-order valence-electron chi connectivity index (χ0n) is 13.5. The van der Waals surface area contributed by atoms with Crippen molar-refractivity contribution in [2.24, 2.45) is 0 Å². The minimum Gasteiger partial charge on any atom is -0.336 e. The fraction of sp³-hybridized carbons (Fsp3) is 0.875. The molecule has 1 saturated heterocycles. The normalized spacial score (nSPS) is 23.0. The lowest BCUT2D eigenvalue weighted by Crippen LogP contribution is -2.59. The van der Waals surface area contributed by atoms with Gasteiger partial charge in [0.1, 0.15) is 0 Å². The molecule has 0 radical (unpaired) electrons. The second-order valence-electron chi connectivity index (χ2n) is 6.00. The van der Waals surface area contributed by atoms with E-state index >= 15 is 0 Å². The third-order valence-electron chi connectivity index (χ3n) is 4.12. The van der Waals surface area contributed by atoms with E-state index in [0.717, 1.165) is 25.7 Å². The average molecular weight is 282 g/mol. The highest BCUT2D eigenvalue weighted by Crippen LogP contribution is 2.18. The van der Waals surface area contributed by atoms with E-state index in [9.17, 15) is 9.59 Å². The van der Waals surface area contributed by atoms with Crippen molar-refractivity contribution >= 4 is 11.8 Å². The fourth-order valence-corrected chi connectivity index (χ4v) is 2.76. The van der Waals surface area contributed by atoms with Crippen LogP contribution in [0.15, 0.2) is 0 Å². The predicted octanol–water partition coefficient (Wildman–Crippen LogP) is 2.81. The van der Waals surface area contributed by atoms with Crippen LogP contribution in [-0.2, 0) is 9.59 Å². The highest BCUT2D eigenvalue weighted by Gasteiger charge is 2.33. The van der Waals surface area contributed by atoms with Gasteiger partial charge in [0, 0.05) is 38.0 Å². The maximum atomic E-state index is 12.2. The van der Waals surface area contributed by atoms with Gasteiger partial charge in [-0.15, -0.1) is 0 Å². The molecule has 0 spiro atoms. The Kier molecular flexibility index (Phi) is 7.03. The first-order valence-electron chi connectivity index (χ1n) is 8.10. The van der Waals surface area contributed by atoms with Gasteiger partial charge in [-0.25, -0.2) is 0 Å². The molecular formula is C16H30N2O2. The molecule has 116 valence electrons. The van der Waals surface area contributed by atoms with Crippen LogP contribution >= 0.6 is 0 Å². The van der Waals surface area contributed by atoms with Crippen molar-refractivity contribution in [1.29, 1.82) is 0 Å². The van der Waals surface area contributed by atoms with Gasteiger partial charge in [0.15, 0.2) is 0 Å². The van der Waals surface area contributed by atoms with E-state index in [-0.39, 0.29) is 23.9 Å². The number of carbonyl (C=O) groups is 2. The Morgan fingerprint density at radius 3 is 1.50 bits per heavy atom. The molecule has 4 nitrogen and oxygen atoms in total. The molecule has 0 bridgehead atoms. The van der Waals surface area contributed by atoms with Crippen molar-refractivity contribution in [2.75, 3.05) is 13.1 Å². The van der Waals surface area contributed by atoms with E-state index in [2.05, 4.69) is 27.7 Å². The molecule has 20 heavy (non-hydrogen) atoms. The Morgan fingerprint density at radius 2 is 1.20 bits per heavy atom. The van der Waals surface area contributed by atoms with Gasteiger partial charge < -0.3 is 9.80 Å². The van der Waals surface area contributed by atoms with Crippen molar-refractivity contribution in [3.05, 3.63) is 0 Å². The number of nitrogens with zero attached hydrogens (tertiary/aromatic N) is 2. The lowest BCUT2D eigenvalue weighted by atomic mass is 10.1. The minimum atomic E-state index is 0.140. The molecule has 0 N–H and O–H groups in total. The van der Waals surface area contributed by atoms with Crippen LogP contribution < -0.4 is 0 Å². The second kappa shape index (κ2) is 8.28. The summed E-state index contributed by atoms with van der Waals surface area (Å²) in [7, 11) is 0. The highest BCUT2D eigenvalue weighted by atomic mass is 16.2. The monoisotopic (exact) mass is 282 g/mol. The Balaban J connectivity index is 2.57. The molecule has 2 amide bonds. The molecule has 0 unspecified atom stereocenters. The average Bonchev–Trinajstić information content (AvgIpc) is 2.44. The summed E-state index contributed by atoms with van der Waals surface area (Å²) in [6.07, 6.45) is 5.27. The summed E-state index contributed by atoms with van der Waals surface area (Å²) >= 11 is 0. The van der Waals surface area contributed by atoms with Crippen LogP contribution in [0, 0.1) is 0 Å².